The van der Waals surface area contributed by atoms with Crippen LogP contribution in [0.2, 0.25) is 0 Å². The molecule has 2 aromatic carbocycles. The first-order chi connectivity index (χ1) is 13.2. The molecule has 0 fully saturated rings. The molecule has 0 spiro atoms. The maximum Gasteiger partial charge on any atom is 0.158 e. The fourth-order valence-electron chi connectivity index (χ4n) is 3.24. The summed E-state index contributed by atoms with van der Waals surface area (Å²) >= 11 is 0. The van der Waals surface area contributed by atoms with Crippen molar-refractivity contribution in [1.82, 2.24) is 14.6 Å². The fourth-order valence-corrected chi connectivity index (χ4v) is 3.24. The largest absolute Gasteiger partial charge is 0.496 e. The van der Waals surface area contributed by atoms with Crippen LogP contribution in [0.5, 0.6) is 5.75 Å². The van der Waals surface area contributed by atoms with E-state index in [1.165, 1.54) is 5.56 Å². The average molecular weight is 395 g/mol. The highest BCUT2D eigenvalue weighted by atomic mass is 35.5. The number of methoxy groups -OCH3 is 1. The van der Waals surface area contributed by atoms with E-state index in [-0.39, 0.29) is 18.4 Å². The van der Waals surface area contributed by atoms with Crippen molar-refractivity contribution < 1.29 is 4.74 Å². The van der Waals surface area contributed by atoms with Gasteiger partial charge >= 0.3 is 0 Å². The van der Waals surface area contributed by atoms with Crippen LogP contribution in [0.25, 0.3) is 16.9 Å². The maximum absolute atomic E-state index is 5.49. The molecule has 1 atom stereocenters. The van der Waals surface area contributed by atoms with Crippen molar-refractivity contribution in [2.45, 2.75) is 19.9 Å². The first kappa shape index (κ1) is 19.7. The van der Waals surface area contributed by atoms with Gasteiger partial charge in [-0.15, -0.1) is 12.4 Å². The van der Waals surface area contributed by atoms with Crippen molar-refractivity contribution in [3.05, 3.63) is 78.0 Å². The quantitative estimate of drug-likeness (QED) is 0.498. The van der Waals surface area contributed by atoms with Gasteiger partial charge < -0.3 is 10.1 Å². The van der Waals surface area contributed by atoms with Crippen LogP contribution < -0.4 is 10.1 Å². The highest BCUT2D eigenvalue weighted by molar-refractivity contribution is 5.85. The smallest absolute Gasteiger partial charge is 0.158 e. The van der Waals surface area contributed by atoms with Gasteiger partial charge in [0.25, 0.3) is 0 Å². The number of hydrogen-bond donors (Lipinski definition) is 1. The lowest BCUT2D eigenvalue weighted by Crippen LogP contribution is -2.11. The topological polar surface area (TPSA) is 51.5 Å². The Kier molecular flexibility index (Phi) is 5.85. The number of nitrogens with zero attached hydrogens (tertiary/aromatic N) is 3. The van der Waals surface area contributed by atoms with E-state index in [1.807, 2.05) is 53.9 Å². The number of hydrogen-bond acceptors (Lipinski definition) is 4. The Morgan fingerprint density at radius 1 is 1.00 bits per heavy atom. The lowest BCUT2D eigenvalue weighted by Gasteiger charge is -2.16. The number of aryl methyl sites for hydroxylation is 1. The molecule has 0 bridgehead atoms. The molecule has 144 valence electrons. The molecule has 0 amide bonds. The van der Waals surface area contributed by atoms with Gasteiger partial charge in [0.1, 0.15) is 11.6 Å². The number of benzene rings is 2. The first-order valence-electron chi connectivity index (χ1n) is 8.98. The van der Waals surface area contributed by atoms with E-state index in [0.717, 1.165) is 34.2 Å². The second-order valence-corrected chi connectivity index (χ2v) is 6.56. The molecule has 5 nitrogen and oxygen atoms in total. The predicted octanol–water partition coefficient (Wildman–Crippen LogP) is 5.31. The Balaban J connectivity index is 0.00000225. The molecule has 28 heavy (non-hydrogen) atoms. The number of aromatic nitrogens is 3. The van der Waals surface area contributed by atoms with Crippen molar-refractivity contribution >= 4 is 23.9 Å². The highest BCUT2D eigenvalue weighted by Gasteiger charge is 2.14. The molecule has 0 aliphatic carbocycles. The number of nitrogens with one attached hydrogen (secondary N) is 1. The Labute approximate surface area is 170 Å². The van der Waals surface area contributed by atoms with Gasteiger partial charge in [0, 0.05) is 29.4 Å². The lowest BCUT2D eigenvalue weighted by atomic mass is 10.1. The molecule has 0 aliphatic rings. The third-order valence-electron chi connectivity index (χ3n) is 4.60. The van der Waals surface area contributed by atoms with Crippen LogP contribution in [0, 0.1) is 6.92 Å². The van der Waals surface area contributed by atoms with E-state index in [1.54, 1.807) is 7.11 Å². The Bertz CT molecular complexity index is 1080. The Hall–Kier alpha value is -3.05. The van der Waals surface area contributed by atoms with E-state index in [9.17, 15) is 0 Å². The van der Waals surface area contributed by atoms with E-state index in [4.69, 9.17) is 9.84 Å². The van der Waals surface area contributed by atoms with Gasteiger partial charge in [-0.3, -0.25) is 0 Å². The summed E-state index contributed by atoms with van der Waals surface area (Å²) < 4.78 is 7.34. The van der Waals surface area contributed by atoms with Gasteiger partial charge in [0.15, 0.2) is 5.65 Å². The molecule has 0 saturated carbocycles. The second-order valence-electron chi connectivity index (χ2n) is 6.56. The molecule has 1 N–H and O–H groups in total. The van der Waals surface area contributed by atoms with E-state index in [2.05, 4.69) is 41.5 Å². The number of para-hydroxylation sites is 1. The first-order valence-corrected chi connectivity index (χ1v) is 8.98. The van der Waals surface area contributed by atoms with Crippen LogP contribution in [0.3, 0.4) is 0 Å². The minimum Gasteiger partial charge on any atom is -0.496 e. The Morgan fingerprint density at radius 2 is 1.71 bits per heavy atom. The van der Waals surface area contributed by atoms with Crippen LogP contribution in [-0.4, -0.2) is 21.7 Å². The maximum atomic E-state index is 5.49. The zero-order valence-electron chi connectivity index (χ0n) is 16.1. The van der Waals surface area contributed by atoms with E-state index < -0.39 is 0 Å². The van der Waals surface area contributed by atoms with Crippen LogP contribution in [0.4, 0.5) is 5.82 Å². The SMILES string of the molecule is COc1ccccc1-c1cc2nc(C)cc(NC(C)c3ccccc3)n2n1.Cl. The van der Waals surface area contributed by atoms with Crippen LogP contribution >= 0.6 is 12.4 Å². The minimum absolute atomic E-state index is 0. The minimum atomic E-state index is 0. The van der Waals surface area contributed by atoms with Crippen LogP contribution in [0.15, 0.2) is 66.7 Å². The number of ether oxygens (including phenoxy) is 1. The van der Waals surface area contributed by atoms with E-state index in [0.29, 0.717) is 0 Å². The molecule has 2 heterocycles. The van der Waals surface area contributed by atoms with Gasteiger partial charge in [-0.1, -0.05) is 42.5 Å². The number of fused-ring (bicyclic) bond motifs is 1. The molecule has 2 aromatic heterocycles. The zero-order chi connectivity index (χ0) is 18.8. The number of halogens is 1. The Morgan fingerprint density at radius 3 is 2.46 bits per heavy atom. The number of anilines is 1. The number of rotatable bonds is 5. The van der Waals surface area contributed by atoms with E-state index >= 15 is 0 Å². The molecule has 0 radical (unpaired) electrons. The summed E-state index contributed by atoms with van der Waals surface area (Å²) in [4.78, 5) is 4.64. The van der Waals surface area contributed by atoms with Gasteiger partial charge in [-0.2, -0.15) is 9.61 Å². The lowest BCUT2D eigenvalue weighted by molar-refractivity contribution is 0.416. The van der Waals surface area contributed by atoms with Crippen LogP contribution in [-0.2, 0) is 0 Å². The molecule has 0 aliphatic heterocycles. The van der Waals surface area contributed by atoms with Gasteiger partial charge in [-0.05, 0) is 31.5 Å². The zero-order valence-corrected chi connectivity index (χ0v) is 16.9. The summed E-state index contributed by atoms with van der Waals surface area (Å²) in [6.45, 7) is 4.13. The van der Waals surface area contributed by atoms with Gasteiger partial charge in [0.05, 0.1) is 12.8 Å². The summed E-state index contributed by atoms with van der Waals surface area (Å²) in [6, 6.07) is 22.4. The van der Waals surface area contributed by atoms with Gasteiger partial charge in [0.2, 0.25) is 0 Å². The average Bonchev–Trinajstić information content (AvgIpc) is 3.12. The van der Waals surface area contributed by atoms with Crippen molar-refractivity contribution in [3.8, 4) is 17.0 Å². The summed E-state index contributed by atoms with van der Waals surface area (Å²) in [5, 5.41) is 8.36. The molecular formula is C22H23ClN4O. The second kappa shape index (κ2) is 8.31. The van der Waals surface area contributed by atoms with Crippen LogP contribution in [0.1, 0.15) is 24.2 Å². The van der Waals surface area contributed by atoms with Gasteiger partial charge in [-0.25, -0.2) is 4.98 Å². The van der Waals surface area contributed by atoms with Crippen molar-refractivity contribution in [1.29, 1.82) is 0 Å². The summed E-state index contributed by atoms with van der Waals surface area (Å²) in [7, 11) is 1.67. The third-order valence-corrected chi connectivity index (χ3v) is 4.60. The standard InChI is InChI=1S/C22H22N4O.ClH/c1-15-13-21(24-16(2)17-9-5-4-6-10-17)26-22(23-15)14-19(25-26)18-11-7-8-12-20(18)27-3;/h4-14,16,24H,1-3H3;1H. The summed E-state index contributed by atoms with van der Waals surface area (Å²) in [6.07, 6.45) is 0. The third kappa shape index (κ3) is 3.80. The van der Waals surface area contributed by atoms with Crippen molar-refractivity contribution in [3.63, 3.8) is 0 Å². The molecule has 6 heteroatoms. The molecule has 1 unspecified atom stereocenters. The highest BCUT2D eigenvalue weighted by Crippen LogP contribution is 2.30. The fraction of sp³-hybridized carbons (Fsp3) is 0.182. The molecule has 4 rings (SSSR count). The normalized spacial score (nSPS) is 11.7. The predicted molar refractivity (Wildman–Crippen MR) is 115 cm³/mol. The summed E-state index contributed by atoms with van der Waals surface area (Å²) in [5.41, 5.74) is 4.75. The monoisotopic (exact) mass is 394 g/mol. The molecule has 0 saturated heterocycles. The molecular weight excluding hydrogens is 372 g/mol. The van der Waals surface area contributed by atoms with Crippen molar-refractivity contribution in [2.24, 2.45) is 0 Å². The summed E-state index contributed by atoms with van der Waals surface area (Å²) in [5.74, 6) is 1.71. The molecule has 4 aromatic rings. The van der Waals surface area contributed by atoms with Crippen molar-refractivity contribution in [2.75, 3.05) is 12.4 Å².